The summed E-state index contributed by atoms with van der Waals surface area (Å²) < 4.78 is 14.3. The number of hydrogen-bond acceptors (Lipinski definition) is 6. The quantitative estimate of drug-likeness (QED) is 0.142. The van der Waals surface area contributed by atoms with E-state index in [-0.39, 0.29) is 27.7 Å². The summed E-state index contributed by atoms with van der Waals surface area (Å²) in [6.07, 6.45) is 23.2. The summed E-state index contributed by atoms with van der Waals surface area (Å²) in [5, 5.41) is 22.2. The standard InChI is InChI=1S/C48H58N2O4/c49-39-13-37(47-20-29-6-30(21-47)8-31(7-29)22-47)44(15-41(39)51)53-35-1-2-36(46-17-26-3-27(18-46)5-28(4-26)19-46)43(12-35)54-45-16-42(52)40(50)14-38(45)48-23-32-9-33(24-48)11-34(10-32)25-48/h1-2,12-16,26-34,51-52H,3-11,17-25,49-50H2. The number of benzene rings is 3. The zero-order chi connectivity index (χ0) is 36.1. The average molecular weight is 727 g/mol. The van der Waals surface area contributed by atoms with Crippen LogP contribution in [0.2, 0.25) is 0 Å². The third-order valence-electron chi connectivity index (χ3n) is 17.5. The molecular formula is C48H58N2O4. The molecule has 0 aromatic heterocycles. The first-order chi connectivity index (χ1) is 26.1. The van der Waals surface area contributed by atoms with Crippen molar-refractivity contribution in [3.63, 3.8) is 0 Å². The van der Waals surface area contributed by atoms with Crippen LogP contribution >= 0.6 is 0 Å². The van der Waals surface area contributed by atoms with Crippen molar-refractivity contribution in [1.29, 1.82) is 0 Å². The van der Waals surface area contributed by atoms with E-state index < -0.39 is 0 Å². The van der Waals surface area contributed by atoms with E-state index >= 15 is 0 Å². The van der Waals surface area contributed by atoms with E-state index in [0.29, 0.717) is 11.4 Å². The molecule has 12 bridgehead atoms. The Bertz CT molecular complexity index is 1940. The molecule has 284 valence electrons. The largest absolute Gasteiger partial charge is 0.506 e. The second-order valence-electron chi connectivity index (χ2n) is 21.3. The van der Waals surface area contributed by atoms with Gasteiger partial charge in [-0.2, -0.15) is 0 Å². The highest BCUT2D eigenvalue weighted by Gasteiger charge is 2.55. The highest BCUT2D eigenvalue weighted by molar-refractivity contribution is 5.63. The Morgan fingerprint density at radius 2 is 0.722 bits per heavy atom. The zero-order valence-corrected chi connectivity index (χ0v) is 31.8. The van der Waals surface area contributed by atoms with Crippen molar-refractivity contribution in [1.82, 2.24) is 0 Å². The third-order valence-corrected chi connectivity index (χ3v) is 17.5. The predicted octanol–water partition coefficient (Wildman–Crippen LogP) is 11.3. The number of hydrogen-bond donors (Lipinski definition) is 4. The monoisotopic (exact) mass is 726 g/mol. The van der Waals surface area contributed by atoms with E-state index in [0.717, 1.165) is 76.3 Å². The minimum absolute atomic E-state index is 0.0507. The summed E-state index contributed by atoms with van der Waals surface area (Å²) in [4.78, 5) is 0. The molecule has 0 heterocycles. The van der Waals surface area contributed by atoms with Gasteiger partial charge >= 0.3 is 0 Å². The van der Waals surface area contributed by atoms with Crippen molar-refractivity contribution in [3.05, 3.63) is 59.2 Å². The number of nitrogens with two attached hydrogens (primary N) is 2. The van der Waals surface area contributed by atoms with E-state index in [1.807, 2.05) is 12.1 Å². The lowest BCUT2D eigenvalue weighted by atomic mass is 9.48. The van der Waals surface area contributed by atoms with Crippen molar-refractivity contribution in [2.24, 2.45) is 53.3 Å². The van der Waals surface area contributed by atoms with Crippen molar-refractivity contribution in [3.8, 4) is 34.5 Å². The number of anilines is 2. The van der Waals surface area contributed by atoms with Gasteiger partial charge in [0.25, 0.3) is 0 Å². The van der Waals surface area contributed by atoms with Crippen LogP contribution in [-0.4, -0.2) is 10.2 Å². The molecule has 6 heteroatoms. The first-order valence-corrected chi connectivity index (χ1v) is 21.8. The smallest absolute Gasteiger partial charge is 0.142 e. The van der Waals surface area contributed by atoms with Gasteiger partial charge in [0.15, 0.2) is 0 Å². The molecule has 0 unspecified atom stereocenters. The Kier molecular flexibility index (Phi) is 6.83. The molecule has 0 atom stereocenters. The van der Waals surface area contributed by atoms with E-state index in [4.69, 9.17) is 20.9 Å². The molecule has 0 radical (unpaired) electrons. The van der Waals surface area contributed by atoms with E-state index in [9.17, 15) is 10.2 Å². The molecule has 12 saturated carbocycles. The van der Waals surface area contributed by atoms with Gasteiger partial charge < -0.3 is 31.2 Å². The minimum Gasteiger partial charge on any atom is -0.506 e. The first-order valence-electron chi connectivity index (χ1n) is 21.8. The molecule has 12 aliphatic carbocycles. The van der Waals surface area contributed by atoms with E-state index in [1.54, 1.807) is 6.07 Å². The topological polar surface area (TPSA) is 111 Å². The SMILES string of the molecule is Nc1cc(C23CC4CC(CC(C4)C2)C3)c(Oc2ccc(C34CC5CC(CC(C5)C3)C4)c(Oc3cc(O)c(N)cc3C34CC5CC(CC(C5)C3)C4)c2)cc1O. The van der Waals surface area contributed by atoms with Crippen LogP contribution < -0.4 is 20.9 Å². The molecule has 0 spiro atoms. The van der Waals surface area contributed by atoms with Crippen molar-refractivity contribution in [2.45, 2.75) is 132 Å². The maximum absolute atomic E-state index is 11.2. The number of aromatic hydroxyl groups is 2. The minimum atomic E-state index is 0.0507. The summed E-state index contributed by atoms with van der Waals surface area (Å²) >= 11 is 0. The molecule has 54 heavy (non-hydrogen) atoms. The average Bonchev–Trinajstić information content (AvgIpc) is 3.09. The lowest BCUT2D eigenvalue weighted by Crippen LogP contribution is -2.49. The maximum atomic E-state index is 11.2. The van der Waals surface area contributed by atoms with Gasteiger partial charge in [-0.05, 0) is 203 Å². The molecule has 15 rings (SSSR count). The van der Waals surface area contributed by atoms with E-state index in [1.165, 1.54) is 132 Å². The fraction of sp³-hybridized carbons (Fsp3) is 0.625. The summed E-state index contributed by atoms with van der Waals surface area (Å²) in [5.41, 5.74) is 17.8. The van der Waals surface area contributed by atoms with Crippen molar-refractivity contribution < 1.29 is 19.7 Å². The van der Waals surface area contributed by atoms with Crippen LogP contribution in [-0.2, 0) is 16.2 Å². The second-order valence-corrected chi connectivity index (χ2v) is 21.3. The number of nitrogen functional groups attached to an aromatic ring is 2. The van der Waals surface area contributed by atoms with Gasteiger partial charge in [-0.3, -0.25) is 0 Å². The highest BCUT2D eigenvalue weighted by Crippen LogP contribution is 2.66. The zero-order valence-electron chi connectivity index (χ0n) is 31.8. The molecule has 0 amide bonds. The predicted molar refractivity (Wildman–Crippen MR) is 211 cm³/mol. The van der Waals surface area contributed by atoms with Crippen LogP contribution in [0.1, 0.15) is 132 Å². The van der Waals surface area contributed by atoms with Crippen LogP contribution in [0.4, 0.5) is 11.4 Å². The van der Waals surface area contributed by atoms with Crippen molar-refractivity contribution >= 4 is 11.4 Å². The molecule has 3 aromatic carbocycles. The van der Waals surface area contributed by atoms with Crippen LogP contribution in [0.15, 0.2) is 42.5 Å². The second kappa shape index (κ2) is 11.3. The normalized spacial score (nSPS) is 41.8. The summed E-state index contributed by atoms with van der Waals surface area (Å²) in [5.74, 6) is 10.3. The Morgan fingerprint density at radius 3 is 1.09 bits per heavy atom. The summed E-state index contributed by atoms with van der Waals surface area (Å²) in [6, 6.07) is 14.3. The molecular weight excluding hydrogens is 669 g/mol. The number of phenols is 2. The Balaban J connectivity index is 0.970. The van der Waals surface area contributed by atoms with Crippen LogP contribution in [0.25, 0.3) is 0 Å². The molecule has 6 N–H and O–H groups in total. The first kappa shape index (κ1) is 32.7. The van der Waals surface area contributed by atoms with Crippen LogP contribution in [0.5, 0.6) is 34.5 Å². The Hall–Kier alpha value is -3.54. The van der Waals surface area contributed by atoms with Gasteiger partial charge in [-0.1, -0.05) is 6.07 Å². The Labute approximate surface area is 320 Å². The van der Waals surface area contributed by atoms with E-state index in [2.05, 4.69) is 24.3 Å². The molecule has 12 aliphatic rings. The molecule has 12 fully saturated rings. The lowest BCUT2D eigenvalue weighted by molar-refractivity contribution is -0.00711. The molecule has 0 saturated heterocycles. The fourth-order valence-electron chi connectivity index (χ4n) is 16.8. The highest BCUT2D eigenvalue weighted by atomic mass is 16.5. The summed E-state index contributed by atoms with van der Waals surface area (Å²) in [6.45, 7) is 0. The Morgan fingerprint density at radius 1 is 0.407 bits per heavy atom. The number of rotatable bonds is 7. The fourth-order valence-corrected chi connectivity index (χ4v) is 16.8. The molecule has 3 aromatic rings. The van der Waals surface area contributed by atoms with Crippen LogP contribution in [0, 0.1) is 53.3 Å². The van der Waals surface area contributed by atoms with Gasteiger partial charge in [0.05, 0.1) is 11.4 Å². The van der Waals surface area contributed by atoms with Gasteiger partial charge in [-0.25, -0.2) is 0 Å². The van der Waals surface area contributed by atoms with Gasteiger partial charge in [0.2, 0.25) is 0 Å². The van der Waals surface area contributed by atoms with Gasteiger partial charge in [0, 0.05) is 34.9 Å². The third kappa shape index (κ3) is 4.95. The van der Waals surface area contributed by atoms with Gasteiger partial charge in [0.1, 0.15) is 34.5 Å². The maximum Gasteiger partial charge on any atom is 0.142 e. The molecule has 0 aliphatic heterocycles. The van der Waals surface area contributed by atoms with Crippen LogP contribution in [0.3, 0.4) is 0 Å². The summed E-state index contributed by atoms with van der Waals surface area (Å²) in [7, 11) is 0. The lowest BCUT2D eigenvalue weighted by Gasteiger charge is -2.57. The number of ether oxygens (including phenoxy) is 2. The van der Waals surface area contributed by atoms with Crippen molar-refractivity contribution in [2.75, 3.05) is 11.5 Å². The molecule has 6 nitrogen and oxygen atoms in total. The van der Waals surface area contributed by atoms with Gasteiger partial charge in [-0.15, -0.1) is 0 Å². The number of phenolic OH excluding ortho intramolecular Hbond substituents is 2.